The number of carbonyl (C=O) groups is 1. The van der Waals surface area contributed by atoms with Crippen LogP contribution in [0.3, 0.4) is 0 Å². The van der Waals surface area contributed by atoms with Gasteiger partial charge in [0, 0.05) is 37.2 Å². The molecule has 1 aromatic rings. The van der Waals surface area contributed by atoms with E-state index in [9.17, 15) is 9.90 Å². The van der Waals surface area contributed by atoms with Crippen LogP contribution in [0.15, 0.2) is 12.4 Å². The van der Waals surface area contributed by atoms with Gasteiger partial charge in [-0.3, -0.25) is 0 Å². The van der Waals surface area contributed by atoms with E-state index in [0.29, 0.717) is 6.54 Å². The minimum absolute atomic E-state index is 0.436. The Bertz CT molecular complexity index is 294. The highest BCUT2D eigenvalue weighted by Crippen LogP contribution is 2.04. The zero-order chi connectivity index (χ0) is 9.84. The molecule has 0 amide bonds. The van der Waals surface area contributed by atoms with Crippen molar-refractivity contribution < 1.29 is 9.90 Å². The zero-order valence-corrected chi connectivity index (χ0v) is 7.86. The number of carbonyl (C=O) groups excluding carboxylic acids is 1. The highest BCUT2D eigenvalue weighted by atomic mass is 16.4. The van der Waals surface area contributed by atoms with E-state index in [1.165, 1.54) is 0 Å². The molecule has 1 atom stereocenters. The first kappa shape index (κ1) is 9.77. The van der Waals surface area contributed by atoms with Gasteiger partial charge in [-0.25, -0.2) is 4.98 Å². The Morgan fingerprint density at radius 3 is 3.00 bits per heavy atom. The second-order valence-electron chi connectivity index (χ2n) is 3.07. The lowest BCUT2D eigenvalue weighted by molar-refractivity contribution is -0.311. The summed E-state index contributed by atoms with van der Waals surface area (Å²) in [6.07, 6.45) is 4.28. The molecule has 72 valence electrons. The molecular formula is C9H13N2O2-. The third-order valence-electron chi connectivity index (χ3n) is 1.99. The van der Waals surface area contributed by atoms with E-state index in [-0.39, 0.29) is 0 Å². The molecule has 0 saturated carbocycles. The molecule has 1 aromatic heterocycles. The van der Waals surface area contributed by atoms with Gasteiger partial charge in [0.2, 0.25) is 0 Å². The maximum Gasteiger partial charge on any atom is 0.108 e. The molecule has 0 N–H and O–H groups in total. The van der Waals surface area contributed by atoms with Gasteiger partial charge < -0.3 is 14.5 Å². The zero-order valence-electron chi connectivity index (χ0n) is 7.86. The monoisotopic (exact) mass is 181 g/mol. The maximum absolute atomic E-state index is 10.5. The van der Waals surface area contributed by atoms with Gasteiger partial charge in [-0.15, -0.1) is 0 Å². The van der Waals surface area contributed by atoms with Crippen LogP contribution in [-0.2, 0) is 17.8 Å². The molecule has 1 heterocycles. The van der Waals surface area contributed by atoms with Gasteiger partial charge in [0.1, 0.15) is 5.82 Å². The molecule has 13 heavy (non-hydrogen) atoms. The predicted molar refractivity (Wildman–Crippen MR) is 45.8 cm³/mol. The molecule has 1 rings (SSSR count). The van der Waals surface area contributed by atoms with Gasteiger partial charge in [-0.1, -0.05) is 13.8 Å². The Labute approximate surface area is 77.2 Å². The smallest absolute Gasteiger partial charge is 0.108 e. The van der Waals surface area contributed by atoms with Crippen molar-refractivity contribution in [2.24, 2.45) is 5.92 Å². The molecule has 0 aliphatic carbocycles. The van der Waals surface area contributed by atoms with E-state index < -0.39 is 11.9 Å². The molecule has 0 radical (unpaired) electrons. The quantitative estimate of drug-likeness (QED) is 0.648. The van der Waals surface area contributed by atoms with Crippen molar-refractivity contribution in [2.45, 2.75) is 26.8 Å². The Morgan fingerprint density at radius 1 is 1.77 bits per heavy atom. The average Bonchev–Trinajstić information content (AvgIpc) is 2.51. The van der Waals surface area contributed by atoms with Crippen molar-refractivity contribution in [1.29, 1.82) is 0 Å². The summed E-state index contributed by atoms with van der Waals surface area (Å²) in [6, 6.07) is 0. The van der Waals surface area contributed by atoms with Crippen LogP contribution in [0.1, 0.15) is 19.7 Å². The molecule has 0 aromatic carbocycles. The number of hydrogen-bond donors (Lipinski definition) is 0. The fourth-order valence-electron chi connectivity index (χ4n) is 1.19. The first-order chi connectivity index (χ1) is 6.15. The molecule has 0 aliphatic heterocycles. The van der Waals surface area contributed by atoms with E-state index in [2.05, 4.69) is 4.98 Å². The van der Waals surface area contributed by atoms with Crippen LogP contribution in [0.2, 0.25) is 0 Å². The number of nitrogens with zero attached hydrogens (tertiary/aromatic N) is 2. The summed E-state index contributed by atoms with van der Waals surface area (Å²) < 4.78 is 1.85. The SMILES string of the molecule is CCc1nccn1C[C@H](C)C(=O)[O-]. The van der Waals surface area contributed by atoms with Crippen molar-refractivity contribution >= 4 is 5.97 Å². The minimum Gasteiger partial charge on any atom is -0.550 e. The fourth-order valence-corrected chi connectivity index (χ4v) is 1.19. The number of imidazole rings is 1. The third kappa shape index (κ3) is 2.31. The molecule has 0 unspecified atom stereocenters. The summed E-state index contributed by atoms with van der Waals surface area (Å²) in [5.41, 5.74) is 0. The van der Waals surface area contributed by atoms with Crippen LogP contribution in [0.25, 0.3) is 0 Å². The Balaban J connectivity index is 2.68. The number of rotatable bonds is 4. The van der Waals surface area contributed by atoms with Crippen molar-refractivity contribution in [1.82, 2.24) is 9.55 Å². The maximum atomic E-state index is 10.5. The topological polar surface area (TPSA) is 58.0 Å². The molecule has 0 saturated heterocycles. The highest BCUT2D eigenvalue weighted by molar-refractivity contribution is 5.66. The first-order valence-electron chi connectivity index (χ1n) is 4.36. The molecule has 4 nitrogen and oxygen atoms in total. The van der Waals surface area contributed by atoms with Crippen molar-refractivity contribution in [2.75, 3.05) is 0 Å². The van der Waals surface area contributed by atoms with E-state index in [0.717, 1.165) is 12.2 Å². The summed E-state index contributed by atoms with van der Waals surface area (Å²) in [7, 11) is 0. The van der Waals surface area contributed by atoms with Crippen molar-refractivity contribution in [3.8, 4) is 0 Å². The largest absolute Gasteiger partial charge is 0.550 e. The Kier molecular flexibility index (Phi) is 3.06. The van der Waals surface area contributed by atoms with Crippen molar-refractivity contribution in [3.05, 3.63) is 18.2 Å². The molecular weight excluding hydrogens is 168 g/mol. The summed E-state index contributed by atoms with van der Waals surface area (Å²) in [5.74, 6) is -0.580. The van der Waals surface area contributed by atoms with E-state index in [1.54, 1.807) is 19.3 Å². The van der Waals surface area contributed by atoms with Gasteiger partial charge in [0.25, 0.3) is 0 Å². The predicted octanol–water partition coefficient (Wildman–Crippen LogP) is -0.169. The second kappa shape index (κ2) is 4.07. The summed E-state index contributed by atoms with van der Waals surface area (Å²) in [6.45, 7) is 4.06. The van der Waals surface area contributed by atoms with Gasteiger partial charge in [0.15, 0.2) is 0 Å². The highest BCUT2D eigenvalue weighted by Gasteiger charge is 2.06. The lowest BCUT2D eigenvalue weighted by Gasteiger charge is -2.14. The summed E-state index contributed by atoms with van der Waals surface area (Å²) in [4.78, 5) is 14.6. The van der Waals surface area contributed by atoms with Crippen LogP contribution in [0, 0.1) is 5.92 Å². The lowest BCUT2D eigenvalue weighted by atomic mass is 10.2. The number of hydrogen-bond acceptors (Lipinski definition) is 3. The van der Waals surface area contributed by atoms with Gasteiger partial charge >= 0.3 is 0 Å². The number of aliphatic carboxylic acids is 1. The fraction of sp³-hybridized carbons (Fsp3) is 0.556. The summed E-state index contributed by atoms with van der Waals surface area (Å²) >= 11 is 0. The van der Waals surface area contributed by atoms with Gasteiger partial charge in [0.05, 0.1) is 0 Å². The van der Waals surface area contributed by atoms with Crippen LogP contribution in [-0.4, -0.2) is 15.5 Å². The van der Waals surface area contributed by atoms with Gasteiger partial charge in [-0.05, 0) is 0 Å². The molecule has 0 bridgehead atoms. The van der Waals surface area contributed by atoms with Crippen LogP contribution in [0.4, 0.5) is 0 Å². The van der Waals surface area contributed by atoms with Crippen LogP contribution >= 0.6 is 0 Å². The number of carboxylic acids is 1. The van der Waals surface area contributed by atoms with Crippen molar-refractivity contribution in [3.63, 3.8) is 0 Å². The first-order valence-corrected chi connectivity index (χ1v) is 4.36. The number of aryl methyl sites for hydroxylation is 1. The Hall–Kier alpha value is -1.32. The minimum atomic E-state index is -1.02. The molecule has 0 fully saturated rings. The number of aromatic nitrogens is 2. The van der Waals surface area contributed by atoms with Gasteiger partial charge in [-0.2, -0.15) is 0 Å². The van der Waals surface area contributed by atoms with Crippen LogP contribution in [0.5, 0.6) is 0 Å². The third-order valence-corrected chi connectivity index (χ3v) is 1.99. The van der Waals surface area contributed by atoms with E-state index >= 15 is 0 Å². The molecule has 0 aliphatic rings. The summed E-state index contributed by atoms with van der Waals surface area (Å²) in [5, 5.41) is 10.5. The normalized spacial score (nSPS) is 12.8. The van der Waals surface area contributed by atoms with Crippen LogP contribution < -0.4 is 5.11 Å². The number of carboxylic acid groups (broad SMARTS) is 1. The molecule has 0 spiro atoms. The Morgan fingerprint density at radius 2 is 2.46 bits per heavy atom. The lowest BCUT2D eigenvalue weighted by Crippen LogP contribution is -2.32. The average molecular weight is 181 g/mol. The molecule has 4 heteroatoms. The van der Waals surface area contributed by atoms with E-state index in [1.807, 2.05) is 11.5 Å². The van der Waals surface area contributed by atoms with E-state index in [4.69, 9.17) is 0 Å². The standard InChI is InChI=1S/C9H14N2O2/c1-3-8-10-4-5-11(8)6-7(2)9(12)13/h4-5,7H,3,6H2,1-2H3,(H,12,13)/p-1/t7-/m0/s1. The second-order valence-corrected chi connectivity index (χ2v) is 3.07.